The summed E-state index contributed by atoms with van der Waals surface area (Å²) in [7, 11) is 6.62. The van der Waals surface area contributed by atoms with E-state index < -0.39 is 0 Å². The molecular formula is C12H16BrN2+. The SMILES string of the molecule is C[N+](C)(C)Cc1c[nH]c2cc(Br)ccc12. The molecule has 2 rings (SSSR count). The number of rotatable bonds is 2. The van der Waals surface area contributed by atoms with Gasteiger partial charge in [-0.3, -0.25) is 0 Å². The van der Waals surface area contributed by atoms with E-state index in [-0.39, 0.29) is 0 Å². The van der Waals surface area contributed by atoms with Gasteiger partial charge in [-0.25, -0.2) is 0 Å². The molecule has 0 fully saturated rings. The van der Waals surface area contributed by atoms with E-state index in [2.05, 4.69) is 66.5 Å². The van der Waals surface area contributed by atoms with Crippen molar-refractivity contribution in [3.05, 3.63) is 34.4 Å². The molecule has 0 amide bonds. The zero-order valence-electron chi connectivity index (χ0n) is 9.34. The molecule has 0 radical (unpaired) electrons. The van der Waals surface area contributed by atoms with Crippen molar-refractivity contribution in [1.29, 1.82) is 0 Å². The fourth-order valence-corrected chi connectivity index (χ4v) is 2.16. The summed E-state index contributed by atoms with van der Waals surface area (Å²) in [6, 6.07) is 6.38. The van der Waals surface area contributed by atoms with Gasteiger partial charge in [0.2, 0.25) is 0 Å². The third-order valence-corrected chi connectivity index (χ3v) is 2.87. The van der Waals surface area contributed by atoms with Crippen LogP contribution in [0, 0.1) is 0 Å². The van der Waals surface area contributed by atoms with Gasteiger partial charge < -0.3 is 9.47 Å². The molecule has 0 aliphatic carbocycles. The van der Waals surface area contributed by atoms with Gasteiger partial charge in [0.15, 0.2) is 0 Å². The van der Waals surface area contributed by atoms with Gasteiger partial charge in [-0.1, -0.05) is 22.0 Å². The number of hydrogen-bond acceptors (Lipinski definition) is 0. The highest BCUT2D eigenvalue weighted by Crippen LogP contribution is 2.23. The zero-order chi connectivity index (χ0) is 11.1. The molecule has 15 heavy (non-hydrogen) atoms. The first-order valence-corrected chi connectivity index (χ1v) is 5.81. The average molecular weight is 268 g/mol. The van der Waals surface area contributed by atoms with E-state index in [1.807, 2.05) is 0 Å². The number of aromatic amines is 1. The average Bonchev–Trinajstić information content (AvgIpc) is 2.45. The predicted octanol–water partition coefficient (Wildman–Crippen LogP) is 3.14. The summed E-state index contributed by atoms with van der Waals surface area (Å²) in [5.74, 6) is 0. The van der Waals surface area contributed by atoms with Crippen LogP contribution in [-0.2, 0) is 6.54 Å². The van der Waals surface area contributed by atoms with Crippen molar-refractivity contribution in [3.8, 4) is 0 Å². The number of fused-ring (bicyclic) bond motifs is 1. The molecule has 0 saturated heterocycles. The Balaban J connectivity index is 2.45. The number of nitrogens with zero attached hydrogens (tertiary/aromatic N) is 1. The first-order valence-electron chi connectivity index (χ1n) is 5.02. The molecule has 0 atom stereocenters. The van der Waals surface area contributed by atoms with Crippen LogP contribution in [0.15, 0.2) is 28.9 Å². The number of benzene rings is 1. The largest absolute Gasteiger partial charge is 0.361 e. The van der Waals surface area contributed by atoms with Crippen molar-refractivity contribution in [2.45, 2.75) is 6.54 Å². The Bertz CT molecular complexity index is 480. The van der Waals surface area contributed by atoms with Gasteiger partial charge in [-0.15, -0.1) is 0 Å². The molecular weight excluding hydrogens is 252 g/mol. The van der Waals surface area contributed by atoms with Crippen LogP contribution in [0.5, 0.6) is 0 Å². The number of aromatic nitrogens is 1. The molecule has 3 heteroatoms. The Morgan fingerprint density at radius 3 is 2.67 bits per heavy atom. The van der Waals surface area contributed by atoms with Crippen LogP contribution in [0.3, 0.4) is 0 Å². The molecule has 80 valence electrons. The second-order valence-electron chi connectivity index (χ2n) is 4.95. The second-order valence-corrected chi connectivity index (χ2v) is 5.87. The number of hydrogen-bond donors (Lipinski definition) is 1. The van der Waals surface area contributed by atoms with Crippen LogP contribution in [0.1, 0.15) is 5.56 Å². The number of nitrogens with one attached hydrogen (secondary N) is 1. The molecule has 1 aromatic carbocycles. The lowest BCUT2D eigenvalue weighted by atomic mass is 10.1. The Morgan fingerprint density at radius 1 is 1.27 bits per heavy atom. The lowest BCUT2D eigenvalue weighted by Gasteiger charge is -2.23. The molecule has 1 aromatic heterocycles. The van der Waals surface area contributed by atoms with Crippen LogP contribution in [0.4, 0.5) is 0 Å². The monoisotopic (exact) mass is 267 g/mol. The maximum atomic E-state index is 3.48. The summed E-state index contributed by atoms with van der Waals surface area (Å²) < 4.78 is 2.07. The molecule has 1 heterocycles. The zero-order valence-corrected chi connectivity index (χ0v) is 10.9. The summed E-state index contributed by atoms with van der Waals surface area (Å²) >= 11 is 3.48. The summed E-state index contributed by atoms with van der Waals surface area (Å²) in [4.78, 5) is 3.31. The molecule has 2 aromatic rings. The molecule has 0 aliphatic heterocycles. The van der Waals surface area contributed by atoms with Gasteiger partial charge in [0.05, 0.1) is 21.1 Å². The van der Waals surface area contributed by atoms with E-state index in [1.54, 1.807) is 0 Å². The Morgan fingerprint density at radius 2 is 2.00 bits per heavy atom. The van der Waals surface area contributed by atoms with Gasteiger partial charge in [0.25, 0.3) is 0 Å². The molecule has 0 saturated carbocycles. The van der Waals surface area contributed by atoms with Crippen molar-refractivity contribution in [2.24, 2.45) is 0 Å². The lowest BCUT2D eigenvalue weighted by Crippen LogP contribution is -2.33. The van der Waals surface area contributed by atoms with Crippen LogP contribution in [-0.4, -0.2) is 30.6 Å². The third-order valence-electron chi connectivity index (χ3n) is 2.37. The lowest BCUT2D eigenvalue weighted by molar-refractivity contribution is -0.883. The van der Waals surface area contributed by atoms with E-state index >= 15 is 0 Å². The van der Waals surface area contributed by atoms with Crippen molar-refractivity contribution >= 4 is 26.8 Å². The highest BCUT2D eigenvalue weighted by atomic mass is 79.9. The van der Waals surface area contributed by atoms with E-state index in [1.165, 1.54) is 16.5 Å². The minimum absolute atomic E-state index is 0.947. The maximum Gasteiger partial charge on any atom is 0.106 e. The Kier molecular flexibility index (Phi) is 2.61. The van der Waals surface area contributed by atoms with Crippen LogP contribution < -0.4 is 0 Å². The van der Waals surface area contributed by atoms with Crippen molar-refractivity contribution < 1.29 is 4.48 Å². The van der Waals surface area contributed by atoms with E-state index in [4.69, 9.17) is 0 Å². The quantitative estimate of drug-likeness (QED) is 0.805. The van der Waals surface area contributed by atoms with Crippen LogP contribution in [0.25, 0.3) is 10.9 Å². The maximum absolute atomic E-state index is 3.48. The minimum Gasteiger partial charge on any atom is -0.361 e. The van der Waals surface area contributed by atoms with E-state index in [0.29, 0.717) is 0 Å². The fraction of sp³-hybridized carbons (Fsp3) is 0.333. The first-order chi connectivity index (χ1) is 6.96. The first kappa shape index (κ1) is 10.7. The summed E-state index contributed by atoms with van der Waals surface area (Å²) in [6.07, 6.45) is 2.11. The molecule has 0 spiro atoms. The van der Waals surface area contributed by atoms with Gasteiger partial charge in [0.1, 0.15) is 6.54 Å². The van der Waals surface area contributed by atoms with Crippen molar-refractivity contribution in [3.63, 3.8) is 0 Å². The molecule has 2 nitrogen and oxygen atoms in total. The predicted molar refractivity (Wildman–Crippen MR) is 67.7 cm³/mol. The van der Waals surface area contributed by atoms with E-state index in [0.717, 1.165) is 15.5 Å². The van der Waals surface area contributed by atoms with Crippen LogP contribution in [0.2, 0.25) is 0 Å². The summed E-state index contributed by atoms with van der Waals surface area (Å²) in [5.41, 5.74) is 2.58. The molecule has 0 unspecified atom stereocenters. The van der Waals surface area contributed by atoms with Crippen molar-refractivity contribution in [2.75, 3.05) is 21.1 Å². The highest BCUT2D eigenvalue weighted by Gasteiger charge is 2.12. The second kappa shape index (κ2) is 3.65. The van der Waals surface area contributed by atoms with Gasteiger partial charge in [-0.05, 0) is 12.1 Å². The van der Waals surface area contributed by atoms with Crippen molar-refractivity contribution in [1.82, 2.24) is 4.98 Å². The smallest absolute Gasteiger partial charge is 0.106 e. The van der Waals surface area contributed by atoms with E-state index in [9.17, 15) is 0 Å². The summed E-state index contributed by atoms with van der Waals surface area (Å²) in [6.45, 7) is 1.04. The van der Waals surface area contributed by atoms with Crippen LogP contribution >= 0.6 is 15.9 Å². The minimum atomic E-state index is 0.947. The van der Waals surface area contributed by atoms with Gasteiger partial charge >= 0.3 is 0 Å². The van der Waals surface area contributed by atoms with Gasteiger partial charge in [-0.2, -0.15) is 0 Å². The Hall–Kier alpha value is -0.800. The number of H-pyrrole nitrogens is 1. The Labute approximate surface area is 98.6 Å². The highest BCUT2D eigenvalue weighted by molar-refractivity contribution is 9.10. The fourth-order valence-electron chi connectivity index (χ4n) is 1.80. The number of quaternary nitrogens is 1. The third kappa shape index (κ3) is 2.41. The molecule has 0 aliphatic rings. The molecule has 0 bridgehead atoms. The number of halogens is 1. The topological polar surface area (TPSA) is 15.8 Å². The summed E-state index contributed by atoms with van der Waals surface area (Å²) in [5, 5.41) is 1.33. The normalized spacial score (nSPS) is 12.3. The molecule has 1 N–H and O–H groups in total. The standard InChI is InChI=1S/C12H16BrN2/c1-15(2,3)8-9-7-14-12-6-10(13)4-5-11(9)12/h4-7,14H,8H2,1-3H3/q+1. The van der Waals surface area contributed by atoms with Gasteiger partial charge in [0, 0.05) is 27.1 Å².